The zero-order valence-corrected chi connectivity index (χ0v) is 13.4. The Hall–Kier alpha value is -2.58. The largest absolute Gasteiger partial charge is 0.584 e. The number of sulfone groups is 1. The first-order valence-corrected chi connectivity index (χ1v) is 8.53. The molecule has 0 radical (unpaired) electrons. The summed E-state index contributed by atoms with van der Waals surface area (Å²) in [5, 5.41) is -5.73. The number of sulfonamides is 1. The maximum Gasteiger partial charge on any atom is 0.584 e. The van der Waals surface area contributed by atoms with Gasteiger partial charge in [-0.3, -0.25) is 4.79 Å². The van der Waals surface area contributed by atoms with Gasteiger partial charge < -0.3 is 0 Å². The molecule has 0 heterocycles. The second kappa shape index (κ2) is 6.97. The van der Waals surface area contributed by atoms with Gasteiger partial charge in [0.05, 0.1) is 6.07 Å². The molecule has 0 aliphatic carbocycles. The number of halogens is 6. The summed E-state index contributed by atoms with van der Waals surface area (Å²) >= 11 is 0. The molecule has 0 aromatic heterocycles. The van der Waals surface area contributed by atoms with E-state index in [1.807, 2.05) is 0 Å². The molecule has 9 nitrogen and oxygen atoms in total. The average Bonchev–Trinajstić information content (AvgIpc) is 2.46. The van der Waals surface area contributed by atoms with Gasteiger partial charge in [-0.2, -0.15) is 40.0 Å². The molecule has 0 aromatic carbocycles. The van der Waals surface area contributed by atoms with Gasteiger partial charge in [0.1, 0.15) is 6.42 Å². The molecule has 0 unspecified atom stereocenters. The summed E-state index contributed by atoms with van der Waals surface area (Å²) in [5.74, 6) is -9.29. The Morgan fingerprint density at radius 1 is 1.04 bits per heavy atom. The number of hydrogen-bond acceptors (Lipinski definition) is 6. The maximum atomic E-state index is 13.6. The van der Waals surface area contributed by atoms with Gasteiger partial charge in [-0.25, -0.2) is 36.0 Å². The van der Waals surface area contributed by atoms with Gasteiger partial charge in [0, 0.05) is 0 Å². The smallest absolute Gasteiger partial charge is 0.273 e. The quantitative estimate of drug-likeness (QED) is 0.471. The molecule has 1 N–H and O–H groups in total. The number of rotatable bonds is 7. The fourth-order valence-electron chi connectivity index (χ4n) is 1.14. The SMILES string of the molecule is [C-]#[N+]C([N+]#[C-])S(=O)(=O)C(F)(F)C(F)(F)C(F)(F)S(=O)(=O)NC(=O)CC#N. The van der Waals surface area contributed by atoms with Crippen molar-refractivity contribution in [2.75, 3.05) is 0 Å². The van der Waals surface area contributed by atoms with Crippen LogP contribution in [0.3, 0.4) is 0 Å². The third-order valence-electron chi connectivity index (χ3n) is 2.41. The predicted molar refractivity (Wildman–Crippen MR) is 68.0 cm³/mol. The molecule has 0 saturated carbocycles. The van der Waals surface area contributed by atoms with E-state index in [4.69, 9.17) is 18.4 Å². The Kier molecular flexibility index (Phi) is 6.28. The van der Waals surface area contributed by atoms with Crippen LogP contribution in [0.2, 0.25) is 0 Å². The van der Waals surface area contributed by atoms with E-state index in [0.717, 1.165) is 6.07 Å². The summed E-state index contributed by atoms with van der Waals surface area (Å²) in [6, 6.07) is 0.945. The Morgan fingerprint density at radius 3 is 1.81 bits per heavy atom. The predicted octanol–water partition coefficient (Wildman–Crippen LogP) is 0.704. The van der Waals surface area contributed by atoms with Gasteiger partial charge in [0.2, 0.25) is 5.91 Å². The first kappa shape index (κ1) is 23.4. The summed E-state index contributed by atoms with van der Waals surface area (Å²) in [7, 11) is -13.9. The van der Waals surface area contributed by atoms with Gasteiger partial charge >= 0.3 is 41.8 Å². The molecule has 0 bridgehead atoms. The van der Waals surface area contributed by atoms with Crippen molar-refractivity contribution >= 4 is 25.8 Å². The third-order valence-corrected chi connectivity index (χ3v) is 5.58. The molecule has 0 aliphatic heterocycles. The second-order valence-corrected chi connectivity index (χ2v) is 7.85. The van der Waals surface area contributed by atoms with Crippen LogP contribution in [0.15, 0.2) is 0 Å². The van der Waals surface area contributed by atoms with Crippen molar-refractivity contribution in [2.45, 2.75) is 28.4 Å². The van der Waals surface area contributed by atoms with E-state index in [0.29, 0.717) is 0 Å². The van der Waals surface area contributed by atoms with Crippen LogP contribution >= 0.6 is 0 Å². The normalized spacial score (nSPS) is 13.4. The summed E-state index contributed by atoms with van der Waals surface area (Å²) in [5.41, 5.74) is -3.56. The van der Waals surface area contributed by atoms with E-state index in [-0.39, 0.29) is 4.72 Å². The maximum absolute atomic E-state index is 13.6. The van der Waals surface area contributed by atoms with Crippen LogP contribution in [-0.4, -0.2) is 44.7 Å². The lowest BCUT2D eigenvalue weighted by Crippen LogP contribution is -2.64. The topological polar surface area (TPSA) is 130 Å². The highest BCUT2D eigenvalue weighted by molar-refractivity contribution is 7.93. The molecule has 144 valence electrons. The molecule has 26 heavy (non-hydrogen) atoms. The van der Waals surface area contributed by atoms with E-state index in [9.17, 15) is 48.0 Å². The van der Waals surface area contributed by atoms with Crippen LogP contribution in [0.5, 0.6) is 0 Å². The van der Waals surface area contributed by atoms with Gasteiger partial charge in [0.15, 0.2) is 0 Å². The van der Waals surface area contributed by atoms with Crippen LogP contribution in [0.25, 0.3) is 9.69 Å². The van der Waals surface area contributed by atoms with Crippen molar-refractivity contribution < 1.29 is 48.0 Å². The molecular weight excluding hydrogens is 422 g/mol. The third kappa shape index (κ3) is 3.38. The monoisotopic (exact) mass is 426 g/mol. The van der Waals surface area contributed by atoms with Gasteiger partial charge in [-0.05, 0) is 0 Å². The number of nitrogens with zero attached hydrogens (tertiary/aromatic N) is 3. The van der Waals surface area contributed by atoms with Crippen molar-refractivity contribution in [3.05, 3.63) is 22.8 Å². The lowest BCUT2D eigenvalue weighted by Gasteiger charge is -2.30. The fourth-order valence-corrected chi connectivity index (χ4v) is 3.20. The van der Waals surface area contributed by atoms with E-state index in [1.54, 1.807) is 9.69 Å². The lowest BCUT2D eigenvalue weighted by atomic mass is 10.3. The minimum absolute atomic E-state index is 0.216. The molecule has 0 atom stereocenters. The Bertz CT molecular complexity index is 911. The highest BCUT2D eigenvalue weighted by Crippen LogP contribution is 2.51. The Balaban J connectivity index is 6.39. The van der Waals surface area contributed by atoms with Crippen molar-refractivity contribution in [3.8, 4) is 6.07 Å². The van der Waals surface area contributed by atoms with Gasteiger partial charge in [-0.15, -0.1) is 0 Å². The van der Waals surface area contributed by atoms with Crippen molar-refractivity contribution in [3.63, 3.8) is 0 Å². The first-order valence-electron chi connectivity index (χ1n) is 5.50. The second-order valence-electron chi connectivity index (χ2n) is 4.10. The average molecular weight is 426 g/mol. The first-order chi connectivity index (χ1) is 11.5. The number of carbonyl (C=O) groups is 1. The highest BCUT2D eigenvalue weighted by atomic mass is 32.2. The van der Waals surface area contributed by atoms with Crippen LogP contribution in [0.4, 0.5) is 26.3 Å². The van der Waals surface area contributed by atoms with Crippen molar-refractivity contribution in [1.29, 1.82) is 5.26 Å². The van der Waals surface area contributed by atoms with Gasteiger partial charge in [-0.1, -0.05) is 0 Å². The lowest BCUT2D eigenvalue weighted by molar-refractivity contribution is -0.244. The summed E-state index contributed by atoms with van der Waals surface area (Å²) in [4.78, 5) is 14.3. The Labute approximate surface area is 141 Å². The fraction of sp³-hybridized carbons (Fsp3) is 0.556. The van der Waals surface area contributed by atoms with Crippen molar-refractivity contribution in [1.82, 2.24) is 4.72 Å². The molecule has 0 saturated heterocycles. The number of amides is 1. The zero-order chi connectivity index (χ0) is 21.2. The van der Waals surface area contributed by atoms with Crippen LogP contribution in [0, 0.1) is 24.5 Å². The molecule has 0 spiro atoms. The standard InChI is InChI=1S/C9H4F6N4O5S2/c1-17-6(18-2)25(21,22)8(12,13)7(10,11)9(14,15)26(23,24)19-5(20)3-4-16/h6H,3H2,(H,19,20). The summed E-state index contributed by atoms with van der Waals surface area (Å²) in [6.45, 7) is 12.4. The minimum atomic E-state index is -7.20. The van der Waals surface area contributed by atoms with E-state index < -0.39 is 54.1 Å². The number of nitrogens with one attached hydrogen (secondary N) is 1. The molecule has 0 rings (SSSR count). The Morgan fingerprint density at radius 2 is 1.46 bits per heavy atom. The molecule has 0 aliphatic rings. The van der Waals surface area contributed by atoms with E-state index >= 15 is 0 Å². The number of hydrogen-bond donors (Lipinski definition) is 1. The summed E-state index contributed by atoms with van der Waals surface area (Å²) in [6.07, 6.45) is -1.44. The number of alkyl halides is 6. The zero-order valence-electron chi connectivity index (χ0n) is 11.8. The molecule has 1 amide bonds. The molecule has 0 aromatic rings. The van der Waals surface area contributed by atoms with E-state index in [1.165, 1.54) is 0 Å². The molecule has 0 fully saturated rings. The van der Waals surface area contributed by atoms with Gasteiger partial charge in [0.25, 0.3) is 0 Å². The van der Waals surface area contributed by atoms with Crippen molar-refractivity contribution in [2.24, 2.45) is 0 Å². The van der Waals surface area contributed by atoms with Crippen LogP contribution in [0.1, 0.15) is 6.42 Å². The number of nitriles is 1. The molecular formula is C9H4F6N4O5S2. The highest BCUT2D eigenvalue weighted by Gasteiger charge is 2.85. The number of carbonyl (C=O) groups excluding carboxylic acids is 1. The van der Waals surface area contributed by atoms with Crippen LogP contribution < -0.4 is 4.72 Å². The minimum Gasteiger partial charge on any atom is -0.273 e. The van der Waals surface area contributed by atoms with E-state index in [2.05, 4.69) is 0 Å². The molecule has 17 heteroatoms. The van der Waals surface area contributed by atoms with Crippen LogP contribution in [-0.2, 0) is 24.7 Å². The summed E-state index contributed by atoms with van der Waals surface area (Å²) < 4.78 is 126.